The van der Waals surface area contributed by atoms with E-state index in [1.165, 1.54) is 48.7 Å². The topological polar surface area (TPSA) is 544 Å². The number of carboxylic acid groups (broad SMARTS) is 1. The summed E-state index contributed by atoms with van der Waals surface area (Å²) in [4.78, 5) is 21.6. The molecule has 0 atom stereocenters. The van der Waals surface area contributed by atoms with Gasteiger partial charge in [-0.15, -0.1) is 34.1 Å². The van der Waals surface area contributed by atoms with Crippen LogP contribution >= 0.6 is 24.1 Å². The number of fused-ring (bicyclic) bond motifs is 2. The number of benzene rings is 6. The van der Waals surface area contributed by atoms with Gasteiger partial charge in [0.25, 0.3) is 30.4 Å². The monoisotopic (exact) mass is 1360 g/mol. The van der Waals surface area contributed by atoms with Gasteiger partial charge in [0.15, 0.2) is 15.6 Å². The molecule has 0 radical (unpaired) electrons. The summed E-state index contributed by atoms with van der Waals surface area (Å²) >= 11 is 0.296. The quantitative estimate of drug-likeness (QED) is 0.00631. The zero-order chi connectivity index (χ0) is 63.9. The van der Waals surface area contributed by atoms with E-state index >= 15 is 0 Å². The summed E-state index contributed by atoms with van der Waals surface area (Å²) in [6.07, 6.45) is 2.29. The summed E-state index contributed by atoms with van der Waals surface area (Å²) in [7, 11) is -24.9. The number of aliphatic hydroxyl groups excluding tert-OH is 1. The number of phenols is 1. The highest BCUT2D eigenvalue weighted by Crippen LogP contribution is 2.48. The Morgan fingerprint density at radius 2 is 1.30 bits per heavy atom. The molecule has 36 nitrogen and oxygen atoms in total. The highest BCUT2D eigenvalue weighted by atomic mass is 32.3. The molecule has 0 saturated heterocycles. The molecule has 0 spiro atoms. The Balaban J connectivity index is 1.32. The second-order valence-corrected chi connectivity index (χ2v) is 26.0. The van der Waals surface area contributed by atoms with Crippen LogP contribution in [0.3, 0.4) is 0 Å². The fourth-order valence-corrected chi connectivity index (χ4v) is 12.4. The number of aliphatic hydroxyl groups is 1. The first kappa shape index (κ1) is 65.8. The number of carbonyl (C=O) groups is 1. The third-order valence-corrected chi connectivity index (χ3v) is 17.5. The minimum atomic E-state index is -5.22. The maximum absolute atomic E-state index is 13.1. The number of phenolic OH excluding ortho intramolecular Hbond substituents is 1. The van der Waals surface area contributed by atoms with E-state index in [9.17, 15) is 75.9 Å². The molecule has 43 heteroatoms. The minimum Gasteiger partial charge on any atom is -0.505 e. The molecule has 0 amide bonds. The molecule has 0 unspecified atom stereocenters. The van der Waals surface area contributed by atoms with Crippen LogP contribution in [0.2, 0.25) is 0 Å². The number of nitrogens with one attached hydrogen (secondary N) is 3. The van der Waals surface area contributed by atoms with Crippen molar-refractivity contribution in [2.24, 2.45) is 20.5 Å². The van der Waals surface area contributed by atoms with Crippen molar-refractivity contribution < 1.29 is 118 Å². The number of anilines is 5. The van der Waals surface area contributed by atoms with Crippen molar-refractivity contribution in [2.45, 2.75) is 29.4 Å². The summed E-state index contributed by atoms with van der Waals surface area (Å²) < 4.78 is 180. The van der Waals surface area contributed by atoms with Crippen LogP contribution in [0.15, 0.2) is 159 Å². The van der Waals surface area contributed by atoms with E-state index in [2.05, 4.69) is 74.3 Å². The molecule has 0 aliphatic carbocycles. The smallest absolute Gasteiger partial charge is 0.444 e. The Morgan fingerprint density at radius 3 is 1.94 bits per heavy atom. The van der Waals surface area contributed by atoms with Crippen LogP contribution in [0.1, 0.15) is 10.4 Å². The van der Waals surface area contributed by atoms with Crippen LogP contribution in [0.25, 0.3) is 27.5 Å². The maximum Gasteiger partial charge on any atom is 0.444 e. The van der Waals surface area contributed by atoms with Crippen molar-refractivity contribution >= 4 is 154 Å². The number of azo groups is 2. The number of hydrogen-bond donors (Lipinski definition) is 12. The van der Waals surface area contributed by atoms with Gasteiger partial charge < -0.3 is 31.3 Å². The lowest BCUT2D eigenvalue weighted by atomic mass is 10.1. The van der Waals surface area contributed by atoms with Gasteiger partial charge >= 0.3 is 34.2 Å². The zero-order valence-electron chi connectivity index (χ0n) is 43.2. The lowest BCUT2D eigenvalue weighted by Gasteiger charge is -2.15. The van der Waals surface area contributed by atoms with Crippen molar-refractivity contribution in [3.63, 3.8) is 0 Å². The van der Waals surface area contributed by atoms with Gasteiger partial charge in [0.2, 0.25) is 0 Å². The van der Waals surface area contributed by atoms with E-state index in [0.29, 0.717) is 5.39 Å². The van der Waals surface area contributed by atoms with E-state index in [1.807, 2.05) is 0 Å². The lowest BCUT2D eigenvalue weighted by molar-refractivity contribution is -0.603. The number of aromatic nitrogens is 4. The number of sulfone groups is 1. The van der Waals surface area contributed by atoms with Gasteiger partial charge in [0.05, 0.1) is 97.7 Å². The summed E-state index contributed by atoms with van der Waals surface area (Å²) in [5.74, 6) is -5.11. The van der Waals surface area contributed by atoms with Gasteiger partial charge in [0.1, 0.15) is 32.5 Å². The number of pyridine rings is 1. The molecule has 88 heavy (non-hydrogen) atoms. The third kappa shape index (κ3) is 16.1. The van der Waals surface area contributed by atoms with E-state index < -0.39 is 153 Å². The average Bonchev–Trinajstić information content (AvgIpc) is 3.38. The molecule has 8 rings (SSSR count). The molecule has 12 N–H and O–H groups in total. The number of aromatic hydroxyl groups is 1. The van der Waals surface area contributed by atoms with Gasteiger partial charge in [-0.05, 0) is 87.5 Å². The van der Waals surface area contributed by atoms with Crippen LogP contribution < -0.4 is 20.5 Å². The predicted octanol–water partition coefficient (Wildman–Crippen LogP) is 6.77. The molecule has 0 bridgehead atoms. The molecule has 2 aromatic heterocycles. The number of hydrogen-bond acceptors (Lipinski definition) is 32. The molecule has 0 fully saturated rings. The van der Waals surface area contributed by atoms with Crippen LogP contribution in [0.4, 0.5) is 51.7 Å². The van der Waals surface area contributed by atoms with Crippen molar-refractivity contribution in [2.75, 3.05) is 41.5 Å². The SMILES string of the molecule is O=C(O)c1ccc[n+](-c2nc(Nc3cc(NCCO)c(S(=O)(=O)O)cc3N=Nc3ccc(S(=O)(=O)CCOS(=O)(=O)O)cc3SOOO)nc(Nc3cc(S(=O)(=O)O)cc4cc(SOOO)c(N=Nc5ccc6ccccc6c5S(=O)(=O)O)c(O)c34)n2)c1. The van der Waals surface area contributed by atoms with E-state index in [4.69, 9.17) is 15.1 Å². The van der Waals surface area contributed by atoms with Crippen LogP contribution in [-0.4, -0.2) is 133 Å². The number of rotatable bonds is 27. The summed E-state index contributed by atoms with van der Waals surface area (Å²) in [5, 5.41) is 81.1. The van der Waals surface area contributed by atoms with Gasteiger partial charge in [0, 0.05) is 17.3 Å². The molecule has 6 aromatic carbocycles. The van der Waals surface area contributed by atoms with Crippen LogP contribution in [0, 0.1) is 0 Å². The van der Waals surface area contributed by atoms with Gasteiger partial charge in [-0.2, -0.15) is 33.7 Å². The number of carboxylic acids is 1. The second kappa shape index (κ2) is 27.1. The Kier molecular flexibility index (Phi) is 20.2. The van der Waals surface area contributed by atoms with Crippen molar-refractivity contribution in [1.82, 2.24) is 15.0 Å². The second-order valence-electron chi connectivity index (χ2n) is 17.1. The first-order chi connectivity index (χ1) is 41.5. The number of aromatic carboxylic acids is 1. The van der Waals surface area contributed by atoms with Gasteiger partial charge in [-0.25, -0.2) is 32.5 Å². The molecular formula is C45H38N11O25S7+. The fraction of sp³-hybridized carbons (Fsp3) is 0.0889. The summed E-state index contributed by atoms with van der Waals surface area (Å²) in [6, 6.07) is 18.3. The Bertz CT molecular complexity index is 4720. The van der Waals surface area contributed by atoms with Crippen molar-refractivity contribution in [1.29, 1.82) is 0 Å². The van der Waals surface area contributed by atoms with Crippen molar-refractivity contribution in [3.8, 4) is 11.7 Å². The maximum atomic E-state index is 13.1. The number of nitrogens with zero attached hydrogens (tertiary/aromatic N) is 8. The Hall–Kier alpha value is -8.16. The van der Waals surface area contributed by atoms with Crippen molar-refractivity contribution in [3.05, 3.63) is 115 Å². The summed E-state index contributed by atoms with van der Waals surface area (Å²) in [5.41, 5.74) is -3.59. The molecule has 464 valence electrons. The molecule has 0 aliphatic heterocycles. The lowest BCUT2D eigenvalue weighted by Crippen LogP contribution is -2.34. The Labute approximate surface area is 502 Å². The first-order valence-electron chi connectivity index (χ1n) is 23.5. The van der Waals surface area contributed by atoms with Crippen LogP contribution in [0.5, 0.6) is 5.75 Å². The van der Waals surface area contributed by atoms with E-state index in [0.717, 1.165) is 59.3 Å². The third-order valence-electron chi connectivity index (χ3n) is 11.4. The first-order valence-corrected chi connectivity index (χ1v) is 32.3. The van der Waals surface area contributed by atoms with E-state index in [-0.39, 0.29) is 68.1 Å². The summed E-state index contributed by atoms with van der Waals surface area (Å²) in [6.45, 7) is -1.98. The van der Waals surface area contributed by atoms with E-state index in [1.54, 1.807) is 6.07 Å². The standard InChI is InChI=1S/C45H37N11O25S7/c57-13-11-46-33-20-31(32(21-37(33)86(68,69)70)54-52-29-10-8-26(19-35(29)82-80-78-61)84(63,64)15-14-77-88(74,75)76)47-43-49-44(51-45(50-43)56-12-3-5-24(22-56)42(59)60)48-34-18-27(85(65,66)67)16-25-17-36(83-81-79-62)39(40(58)38(25)34)55-53-30-9-7-23-4-1-2-6-28(23)41(30)87(71,72)73/h1-10,12,16-22,57H,11,13-15H2,(H10-,46,47,48,49,50,51,52,53,58,59,60,61,62,65,66,67,68,69,70,71,72,73,74,75,76)/p+1. The minimum absolute atomic E-state index is 0.00936. The average molecular weight is 1360 g/mol. The highest BCUT2D eigenvalue weighted by Gasteiger charge is 2.28. The fourth-order valence-electron chi connectivity index (χ4n) is 7.82. The Morgan fingerprint density at radius 1 is 0.636 bits per heavy atom. The highest BCUT2D eigenvalue weighted by molar-refractivity contribution is 7.95. The molecule has 0 aliphatic rings. The molecule has 8 aromatic rings. The van der Waals surface area contributed by atoms with Gasteiger partial charge in [-0.1, -0.05) is 40.4 Å². The van der Waals surface area contributed by atoms with Gasteiger partial charge in [-0.3, -0.25) is 18.2 Å². The normalized spacial score (nSPS) is 12.6. The predicted molar refractivity (Wildman–Crippen MR) is 302 cm³/mol. The largest absolute Gasteiger partial charge is 0.505 e. The molecule has 0 saturated carbocycles. The molecular weight excluding hydrogens is 1320 g/mol. The van der Waals surface area contributed by atoms with Crippen LogP contribution in [-0.2, 0) is 73.5 Å². The molecule has 2 heterocycles. The zero-order valence-corrected chi connectivity index (χ0v) is 48.9.